The van der Waals surface area contributed by atoms with Crippen LogP contribution >= 0.6 is 0 Å². The highest BCUT2D eigenvalue weighted by Crippen LogP contribution is 2.34. The number of rotatable bonds is 2. The van der Waals surface area contributed by atoms with Crippen molar-refractivity contribution in [2.45, 2.75) is 18.8 Å². The average Bonchev–Trinajstić information content (AvgIpc) is 2.86. The van der Waals surface area contributed by atoms with Crippen LogP contribution < -0.4 is 4.74 Å². The summed E-state index contributed by atoms with van der Waals surface area (Å²) in [5, 5.41) is 0.973. The van der Waals surface area contributed by atoms with Crippen LogP contribution in [-0.2, 0) is 0 Å². The number of aromatic amines is 1. The van der Waals surface area contributed by atoms with Gasteiger partial charge in [-0.1, -0.05) is 0 Å². The molecule has 0 radical (unpaired) electrons. The first-order valence-electron chi connectivity index (χ1n) is 8.13. The third-order valence-electron chi connectivity index (χ3n) is 3.51. The summed E-state index contributed by atoms with van der Waals surface area (Å²) >= 11 is 0. The second-order valence-corrected chi connectivity index (χ2v) is 4.64. The number of fused-ring (bicyclic) bond motifs is 1. The largest absolute Gasteiger partial charge is 0.497 e. The Kier molecular flexibility index (Phi) is 2.03. The topological polar surface area (TPSA) is 28.3 Å². The Labute approximate surface area is 113 Å². The Balaban J connectivity index is 2.04. The van der Waals surface area contributed by atoms with Crippen molar-refractivity contribution in [2.75, 3.05) is 27.2 Å². The first kappa shape index (κ1) is 7.85. The minimum Gasteiger partial charge on any atom is -0.497 e. The van der Waals surface area contributed by atoms with E-state index in [4.69, 9.17) is 10.2 Å². The number of methoxy groups -OCH3 is 1. The summed E-state index contributed by atoms with van der Waals surface area (Å²) in [6.45, 7) is -3.34. The van der Waals surface area contributed by atoms with Crippen molar-refractivity contribution in [3.63, 3.8) is 0 Å². The molecule has 0 saturated carbocycles. The molecule has 2 aromatic rings. The molecule has 1 aliphatic heterocycles. The zero-order valence-corrected chi connectivity index (χ0v) is 10.7. The molecule has 3 rings (SSSR count). The van der Waals surface area contributed by atoms with Crippen LogP contribution in [0.4, 0.5) is 0 Å². The molecule has 2 heterocycles. The molecule has 1 aromatic carbocycles. The van der Waals surface area contributed by atoms with E-state index >= 15 is 0 Å². The van der Waals surface area contributed by atoms with Gasteiger partial charge in [-0.25, -0.2) is 0 Å². The third-order valence-corrected chi connectivity index (χ3v) is 3.51. The number of H-pyrrole nitrogens is 1. The van der Waals surface area contributed by atoms with Crippen LogP contribution in [0.15, 0.2) is 24.4 Å². The lowest BCUT2D eigenvalue weighted by atomic mass is 9.89. The van der Waals surface area contributed by atoms with Crippen molar-refractivity contribution in [2.24, 2.45) is 0 Å². The van der Waals surface area contributed by atoms with E-state index in [0.29, 0.717) is 0 Å². The number of likely N-dealkylation sites (tertiary alicyclic amines) is 1. The van der Waals surface area contributed by atoms with E-state index < -0.39 is 13.0 Å². The predicted octanol–water partition coefficient (Wildman–Crippen LogP) is 2.99. The van der Waals surface area contributed by atoms with E-state index in [1.165, 1.54) is 11.9 Å². The van der Waals surface area contributed by atoms with Gasteiger partial charge in [0.15, 0.2) is 0 Å². The van der Waals surface area contributed by atoms with Crippen LogP contribution in [0.2, 0.25) is 0 Å². The molecular weight excluding hydrogens is 224 g/mol. The maximum absolute atomic E-state index is 8.12. The lowest BCUT2D eigenvalue weighted by Crippen LogP contribution is -2.29. The second kappa shape index (κ2) is 4.65. The van der Waals surface area contributed by atoms with Crippen molar-refractivity contribution in [3.8, 4) is 5.75 Å². The summed E-state index contributed by atoms with van der Waals surface area (Å²) in [7, 11) is 3.12. The van der Waals surface area contributed by atoms with Crippen LogP contribution in [0.1, 0.15) is 29.8 Å². The number of nitrogens with one attached hydrogen (secondary N) is 1. The molecule has 0 unspecified atom stereocenters. The predicted molar refractivity (Wildman–Crippen MR) is 74.3 cm³/mol. The molecule has 0 amide bonds. The van der Waals surface area contributed by atoms with Gasteiger partial charge >= 0.3 is 0 Å². The summed E-state index contributed by atoms with van der Waals surface area (Å²) < 4.78 is 37.8. The van der Waals surface area contributed by atoms with Gasteiger partial charge in [0.2, 0.25) is 0 Å². The summed E-state index contributed by atoms with van der Waals surface area (Å²) in [5.74, 6) is 0.564. The van der Waals surface area contributed by atoms with Crippen LogP contribution in [-0.4, -0.2) is 37.0 Å². The molecule has 3 heteroatoms. The van der Waals surface area contributed by atoms with E-state index in [-0.39, 0.29) is 18.8 Å². The summed E-state index contributed by atoms with van der Waals surface area (Å²) in [6.07, 6.45) is 2.41. The highest BCUT2D eigenvalue weighted by molar-refractivity contribution is 5.85. The SMILES string of the molecule is [2H]C1([2H])CC(c2c[nH]c3ccc(OC)cc23)CC([2H])([2H])N1C. The van der Waals surface area contributed by atoms with Gasteiger partial charge in [0.1, 0.15) is 5.75 Å². The molecule has 1 fully saturated rings. The van der Waals surface area contributed by atoms with Gasteiger partial charge in [0.05, 0.1) is 7.11 Å². The van der Waals surface area contributed by atoms with Gasteiger partial charge in [0, 0.05) is 22.6 Å². The maximum atomic E-state index is 8.12. The van der Waals surface area contributed by atoms with Crippen LogP contribution in [0.25, 0.3) is 10.9 Å². The zero-order valence-electron chi connectivity index (χ0n) is 14.7. The van der Waals surface area contributed by atoms with Crippen molar-refractivity contribution in [3.05, 3.63) is 30.0 Å². The number of ether oxygens (including phenoxy) is 1. The van der Waals surface area contributed by atoms with Crippen molar-refractivity contribution < 1.29 is 10.2 Å². The molecule has 3 nitrogen and oxygen atoms in total. The number of aromatic nitrogens is 1. The fourth-order valence-electron chi connectivity index (χ4n) is 2.43. The molecule has 1 N–H and O–H groups in total. The lowest BCUT2D eigenvalue weighted by Gasteiger charge is -2.28. The standard InChI is InChI=1S/C15H20N2O/c1-17-7-5-11(6-8-17)14-10-16-15-4-3-12(18-2)9-13(14)15/h3-4,9-11,16H,5-8H2,1-2H3/i7D2,8D2. The van der Waals surface area contributed by atoms with Gasteiger partial charge < -0.3 is 14.6 Å². The van der Waals surface area contributed by atoms with E-state index in [1.54, 1.807) is 7.11 Å². The van der Waals surface area contributed by atoms with Crippen molar-refractivity contribution in [1.82, 2.24) is 9.88 Å². The molecule has 0 spiro atoms. The normalized spacial score (nSPS) is 27.2. The average molecular weight is 248 g/mol. The third kappa shape index (κ3) is 1.99. The zero-order chi connectivity index (χ0) is 16.1. The lowest BCUT2D eigenvalue weighted by molar-refractivity contribution is 0.256. The number of hydrogen-bond donors (Lipinski definition) is 1. The quantitative estimate of drug-likeness (QED) is 0.885. The molecule has 0 aliphatic carbocycles. The van der Waals surface area contributed by atoms with Crippen LogP contribution in [0.5, 0.6) is 5.75 Å². The maximum Gasteiger partial charge on any atom is 0.119 e. The highest BCUT2D eigenvalue weighted by atomic mass is 16.5. The Bertz CT molecular complexity index is 680. The minimum atomic E-state index is -1.67. The number of hydrogen-bond acceptors (Lipinski definition) is 2. The first-order valence-corrected chi connectivity index (χ1v) is 6.13. The monoisotopic (exact) mass is 248 g/mol. The number of nitrogens with zero attached hydrogens (tertiary/aromatic N) is 1. The molecule has 1 aliphatic rings. The van der Waals surface area contributed by atoms with Gasteiger partial charge in [-0.3, -0.25) is 0 Å². The molecule has 0 atom stereocenters. The molecule has 18 heavy (non-hydrogen) atoms. The Morgan fingerprint density at radius 1 is 1.39 bits per heavy atom. The molecule has 1 saturated heterocycles. The number of piperidine rings is 1. The van der Waals surface area contributed by atoms with E-state index in [0.717, 1.165) is 22.2 Å². The molecule has 0 bridgehead atoms. The summed E-state index contributed by atoms with van der Waals surface area (Å²) in [4.78, 5) is 4.39. The summed E-state index contributed by atoms with van der Waals surface area (Å²) in [6, 6.07) is 5.72. The van der Waals surface area contributed by atoms with Gasteiger partial charge in [0.25, 0.3) is 0 Å². The minimum absolute atomic E-state index is 0.179. The second-order valence-electron chi connectivity index (χ2n) is 4.64. The van der Waals surface area contributed by atoms with E-state index in [1.807, 2.05) is 24.4 Å². The van der Waals surface area contributed by atoms with Crippen LogP contribution in [0.3, 0.4) is 0 Å². The molecule has 96 valence electrons. The van der Waals surface area contributed by atoms with Gasteiger partial charge in [-0.15, -0.1) is 0 Å². The Morgan fingerprint density at radius 2 is 2.17 bits per heavy atom. The smallest absolute Gasteiger partial charge is 0.119 e. The Hall–Kier alpha value is -1.48. The first-order chi connectivity index (χ1) is 10.2. The fraction of sp³-hybridized carbons (Fsp3) is 0.467. The fourth-order valence-corrected chi connectivity index (χ4v) is 2.43. The van der Waals surface area contributed by atoms with E-state index in [2.05, 4.69) is 4.98 Å². The molecular formula is C15H20N2O. The van der Waals surface area contributed by atoms with Crippen molar-refractivity contribution in [1.29, 1.82) is 0 Å². The van der Waals surface area contributed by atoms with E-state index in [9.17, 15) is 0 Å². The number of benzene rings is 1. The van der Waals surface area contributed by atoms with Crippen LogP contribution in [0, 0.1) is 0 Å². The highest BCUT2D eigenvalue weighted by Gasteiger charge is 2.21. The Morgan fingerprint density at radius 3 is 2.89 bits per heavy atom. The summed E-state index contributed by atoms with van der Waals surface area (Å²) in [5.41, 5.74) is 1.91. The van der Waals surface area contributed by atoms with Gasteiger partial charge in [-0.05, 0) is 62.6 Å². The van der Waals surface area contributed by atoms with Crippen molar-refractivity contribution >= 4 is 10.9 Å². The molecule has 1 aromatic heterocycles. The van der Waals surface area contributed by atoms with Gasteiger partial charge in [-0.2, -0.15) is 0 Å².